The van der Waals surface area contributed by atoms with Crippen LogP contribution in [-0.2, 0) is 0 Å². The largest absolute Gasteiger partial charge is 0.293 e. The fourth-order valence-electron chi connectivity index (χ4n) is 0.875. The summed E-state index contributed by atoms with van der Waals surface area (Å²) in [6.45, 7) is 0. The molecule has 0 spiro atoms. The number of hydrogen-bond acceptors (Lipinski definition) is 1. The Labute approximate surface area is 86.8 Å². The van der Waals surface area contributed by atoms with E-state index in [0.717, 1.165) is 6.07 Å². The van der Waals surface area contributed by atoms with Crippen molar-refractivity contribution in [1.29, 1.82) is 0 Å². The van der Waals surface area contributed by atoms with E-state index in [1.54, 1.807) is 0 Å². The molecule has 13 heavy (non-hydrogen) atoms. The van der Waals surface area contributed by atoms with Crippen molar-refractivity contribution in [3.8, 4) is 0 Å². The monoisotopic (exact) mass is 268 g/mol. The van der Waals surface area contributed by atoms with E-state index in [2.05, 4.69) is 15.9 Å². The van der Waals surface area contributed by atoms with Gasteiger partial charge in [0.15, 0.2) is 5.78 Å². The topological polar surface area (TPSA) is 17.1 Å². The van der Waals surface area contributed by atoms with Gasteiger partial charge in [0.25, 0.3) is 0 Å². The van der Waals surface area contributed by atoms with E-state index in [4.69, 9.17) is 11.6 Å². The smallest absolute Gasteiger partial charge is 0.181 e. The van der Waals surface area contributed by atoms with Crippen molar-refractivity contribution >= 4 is 33.3 Å². The number of carbonyl (C=O) groups is 1. The normalized spacial score (nSPS) is 10.2. The molecule has 1 aromatic carbocycles. The standard InChI is InChI=1S/C8H4BrClF2O/c9-5-1-4(11)2-6(12)8(5)7(13)3-10/h1-2H,3H2. The minimum Gasteiger partial charge on any atom is -0.293 e. The summed E-state index contributed by atoms with van der Waals surface area (Å²) in [6, 6.07) is 1.66. The van der Waals surface area contributed by atoms with Gasteiger partial charge in [0.1, 0.15) is 11.6 Å². The van der Waals surface area contributed by atoms with E-state index in [0.29, 0.717) is 6.07 Å². The molecule has 0 aliphatic carbocycles. The van der Waals surface area contributed by atoms with Gasteiger partial charge in [0, 0.05) is 10.5 Å². The third kappa shape index (κ3) is 2.25. The van der Waals surface area contributed by atoms with E-state index in [-0.39, 0.29) is 15.9 Å². The van der Waals surface area contributed by atoms with Crippen molar-refractivity contribution in [2.75, 3.05) is 5.88 Å². The van der Waals surface area contributed by atoms with Gasteiger partial charge in [0.05, 0.1) is 11.4 Å². The van der Waals surface area contributed by atoms with Crippen molar-refractivity contribution in [3.05, 3.63) is 33.8 Å². The second-order valence-electron chi connectivity index (χ2n) is 2.30. The first kappa shape index (κ1) is 10.6. The van der Waals surface area contributed by atoms with E-state index < -0.39 is 17.4 Å². The molecular formula is C8H4BrClF2O. The highest BCUT2D eigenvalue weighted by Gasteiger charge is 2.15. The quantitative estimate of drug-likeness (QED) is 0.595. The molecule has 0 aromatic heterocycles. The van der Waals surface area contributed by atoms with Crippen LogP contribution < -0.4 is 0 Å². The zero-order valence-electron chi connectivity index (χ0n) is 6.28. The van der Waals surface area contributed by atoms with Crippen LogP contribution in [0.4, 0.5) is 8.78 Å². The number of alkyl halides is 1. The molecule has 70 valence electrons. The molecule has 0 atom stereocenters. The summed E-state index contributed by atoms with van der Waals surface area (Å²) in [5.41, 5.74) is -0.212. The molecule has 0 fully saturated rings. The average molecular weight is 269 g/mol. The Bertz CT molecular complexity index is 331. The van der Waals surface area contributed by atoms with Crippen molar-refractivity contribution < 1.29 is 13.6 Å². The van der Waals surface area contributed by atoms with Gasteiger partial charge in [-0.15, -0.1) is 11.6 Å². The summed E-state index contributed by atoms with van der Waals surface area (Å²) in [6.07, 6.45) is 0. The Morgan fingerprint density at radius 1 is 1.46 bits per heavy atom. The highest BCUT2D eigenvalue weighted by atomic mass is 79.9. The molecule has 0 saturated carbocycles. The van der Waals surface area contributed by atoms with E-state index in [1.165, 1.54) is 0 Å². The Morgan fingerprint density at radius 2 is 2.08 bits per heavy atom. The second kappa shape index (κ2) is 4.15. The third-order valence-corrected chi connectivity index (χ3v) is 2.28. The van der Waals surface area contributed by atoms with Crippen molar-refractivity contribution in [2.45, 2.75) is 0 Å². The number of carbonyl (C=O) groups excluding carboxylic acids is 1. The van der Waals surface area contributed by atoms with Crippen molar-refractivity contribution in [1.82, 2.24) is 0 Å². The zero-order valence-corrected chi connectivity index (χ0v) is 8.62. The number of benzene rings is 1. The molecule has 0 aliphatic heterocycles. The molecule has 0 unspecified atom stereocenters. The van der Waals surface area contributed by atoms with Crippen LogP contribution in [0.3, 0.4) is 0 Å². The van der Waals surface area contributed by atoms with Gasteiger partial charge in [-0.05, 0) is 22.0 Å². The van der Waals surface area contributed by atoms with Gasteiger partial charge in [-0.25, -0.2) is 8.78 Å². The van der Waals surface area contributed by atoms with E-state index in [9.17, 15) is 13.6 Å². The minimum absolute atomic E-state index is 0.0793. The predicted molar refractivity (Wildman–Crippen MR) is 49.1 cm³/mol. The van der Waals surface area contributed by atoms with Crippen LogP contribution >= 0.6 is 27.5 Å². The summed E-state index contributed by atoms with van der Waals surface area (Å²) >= 11 is 8.12. The highest BCUT2D eigenvalue weighted by Crippen LogP contribution is 2.22. The molecule has 0 amide bonds. The van der Waals surface area contributed by atoms with Crippen molar-refractivity contribution in [3.63, 3.8) is 0 Å². The summed E-state index contributed by atoms with van der Waals surface area (Å²) in [7, 11) is 0. The summed E-state index contributed by atoms with van der Waals surface area (Å²) in [5, 5.41) is 0. The first-order valence-corrected chi connectivity index (χ1v) is 4.62. The fourth-order valence-corrected chi connectivity index (χ4v) is 1.64. The predicted octanol–water partition coefficient (Wildman–Crippen LogP) is 3.15. The molecule has 0 radical (unpaired) electrons. The first-order valence-electron chi connectivity index (χ1n) is 3.30. The van der Waals surface area contributed by atoms with Crippen LogP contribution in [0.5, 0.6) is 0 Å². The molecule has 0 heterocycles. The Kier molecular flexibility index (Phi) is 3.39. The van der Waals surface area contributed by atoms with Crippen LogP contribution in [-0.4, -0.2) is 11.7 Å². The summed E-state index contributed by atoms with van der Waals surface area (Å²) in [4.78, 5) is 11.0. The molecule has 5 heteroatoms. The maximum Gasteiger partial charge on any atom is 0.181 e. The lowest BCUT2D eigenvalue weighted by Crippen LogP contribution is -2.05. The summed E-state index contributed by atoms with van der Waals surface area (Å²) < 4.78 is 25.6. The lowest BCUT2D eigenvalue weighted by Gasteiger charge is -2.02. The molecule has 0 saturated heterocycles. The SMILES string of the molecule is O=C(CCl)c1c(F)cc(F)cc1Br. The van der Waals surface area contributed by atoms with E-state index in [1.807, 2.05) is 0 Å². The number of Topliss-reactive ketones (excluding diaryl/α,β-unsaturated/α-hetero) is 1. The molecule has 0 bridgehead atoms. The highest BCUT2D eigenvalue weighted by molar-refractivity contribution is 9.10. The number of rotatable bonds is 2. The lowest BCUT2D eigenvalue weighted by atomic mass is 10.1. The minimum atomic E-state index is -0.905. The average Bonchev–Trinajstić information content (AvgIpc) is 2.02. The third-order valence-electron chi connectivity index (χ3n) is 1.41. The van der Waals surface area contributed by atoms with Crippen LogP contribution in [0.15, 0.2) is 16.6 Å². The van der Waals surface area contributed by atoms with Gasteiger partial charge < -0.3 is 0 Å². The Balaban J connectivity index is 3.28. The van der Waals surface area contributed by atoms with Gasteiger partial charge in [-0.2, -0.15) is 0 Å². The van der Waals surface area contributed by atoms with Gasteiger partial charge in [-0.3, -0.25) is 4.79 Å². The molecule has 1 aromatic rings. The number of hydrogen-bond donors (Lipinski definition) is 0. The lowest BCUT2D eigenvalue weighted by molar-refractivity contribution is 0.101. The maximum absolute atomic E-state index is 13.0. The zero-order chi connectivity index (χ0) is 10.0. The van der Waals surface area contributed by atoms with Gasteiger partial charge in [-0.1, -0.05) is 0 Å². The van der Waals surface area contributed by atoms with Crippen LogP contribution in [0.25, 0.3) is 0 Å². The maximum atomic E-state index is 13.0. The van der Waals surface area contributed by atoms with Crippen molar-refractivity contribution in [2.24, 2.45) is 0 Å². The van der Waals surface area contributed by atoms with Gasteiger partial charge in [0.2, 0.25) is 0 Å². The fraction of sp³-hybridized carbons (Fsp3) is 0.125. The van der Waals surface area contributed by atoms with Crippen LogP contribution in [0, 0.1) is 11.6 Å². The Hall–Kier alpha value is -0.480. The summed E-state index contributed by atoms with van der Waals surface area (Å²) in [5.74, 6) is -2.56. The van der Waals surface area contributed by atoms with Gasteiger partial charge >= 0.3 is 0 Å². The second-order valence-corrected chi connectivity index (χ2v) is 3.42. The molecule has 1 nitrogen and oxygen atoms in total. The molecule has 0 N–H and O–H groups in total. The Morgan fingerprint density at radius 3 is 2.54 bits per heavy atom. The molecule has 1 rings (SSSR count). The number of halogens is 4. The first-order chi connectivity index (χ1) is 6.06. The van der Waals surface area contributed by atoms with Crippen LogP contribution in [0.1, 0.15) is 10.4 Å². The molecular weight excluding hydrogens is 265 g/mol. The number of ketones is 1. The van der Waals surface area contributed by atoms with Crippen LogP contribution in [0.2, 0.25) is 0 Å². The molecule has 0 aliphatic rings. The van der Waals surface area contributed by atoms with E-state index >= 15 is 0 Å².